The molecule has 1 aromatic heterocycles. The molecule has 0 amide bonds. The number of nitrogens with one attached hydrogen (secondary N) is 1. The molecule has 0 aliphatic carbocycles. The third kappa shape index (κ3) is 5.55. The molecule has 6 heteroatoms. The summed E-state index contributed by atoms with van der Waals surface area (Å²) in [7, 11) is 1.67. The van der Waals surface area contributed by atoms with Gasteiger partial charge in [0.05, 0.1) is 13.7 Å². The van der Waals surface area contributed by atoms with Crippen molar-refractivity contribution in [2.75, 3.05) is 13.7 Å². The second-order valence-electron chi connectivity index (χ2n) is 7.35. The molecule has 4 rings (SSSR count). The lowest BCUT2D eigenvalue weighted by atomic mass is 9.97. The summed E-state index contributed by atoms with van der Waals surface area (Å²) in [4.78, 5) is 0. The number of aromatic nitrogens is 4. The Labute approximate surface area is 182 Å². The van der Waals surface area contributed by atoms with E-state index < -0.39 is 0 Å². The summed E-state index contributed by atoms with van der Waals surface area (Å²) in [5.74, 6) is 1.54. The molecule has 158 valence electrons. The minimum Gasteiger partial charge on any atom is -0.497 e. The lowest BCUT2D eigenvalue weighted by molar-refractivity contribution is 0.117. The summed E-state index contributed by atoms with van der Waals surface area (Å²) >= 11 is 0. The van der Waals surface area contributed by atoms with Crippen LogP contribution in [0.1, 0.15) is 24.0 Å². The Morgan fingerprint density at radius 3 is 2.26 bits per heavy atom. The zero-order valence-electron chi connectivity index (χ0n) is 17.6. The number of aromatic amines is 1. The van der Waals surface area contributed by atoms with E-state index in [9.17, 15) is 0 Å². The van der Waals surface area contributed by atoms with Gasteiger partial charge in [-0.05, 0) is 64.1 Å². The quantitative estimate of drug-likeness (QED) is 0.366. The minimum atomic E-state index is 0.638. The van der Waals surface area contributed by atoms with Crippen LogP contribution in [-0.4, -0.2) is 34.3 Å². The van der Waals surface area contributed by atoms with Gasteiger partial charge in [0.2, 0.25) is 0 Å². The largest absolute Gasteiger partial charge is 0.497 e. The molecule has 0 bridgehead atoms. The standard InChI is InChI=1S/C25H26N4O2/c1-30-22-15-11-20(12-16-22)18-31-17-5-4-6-19-9-13-21(14-10-19)23-7-2-3-8-24(23)25-26-28-29-27-25/h2-3,7-16H,4-6,17-18H2,1H3,(H,26,27,28,29). The van der Waals surface area contributed by atoms with E-state index in [0.717, 1.165) is 53.9 Å². The molecule has 31 heavy (non-hydrogen) atoms. The lowest BCUT2D eigenvalue weighted by Gasteiger charge is -2.09. The van der Waals surface area contributed by atoms with Crippen molar-refractivity contribution < 1.29 is 9.47 Å². The van der Waals surface area contributed by atoms with Crippen molar-refractivity contribution in [1.29, 1.82) is 0 Å². The van der Waals surface area contributed by atoms with Crippen molar-refractivity contribution >= 4 is 0 Å². The Bertz CT molecular complexity index is 1060. The number of hydrogen-bond donors (Lipinski definition) is 1. The zero-order valence-corrected chi connectivity index (χ0v) is 17.6. The van der Waals surface area contributed by atoms with Gasteiger partial charge in [-0.2, -0.15) is 0 Å². The summed E-state index contributed by atoms with van der Waals surface area (Å²) in [5, 5.41) is 14.3. The fourth-order valence-corrected chi connectivity index (χ4v) is 3.51. The third-order valence-corrected chi connectivity index (χ3v) is 5.22. The predicted molar refractivity (Wildman–Crippen MR) is 121 cm³/mol. The highest BCUT2D eigenvalue weighted by molar-refractivity contribution is 5.80. The first-order chi connectivity index (χ1) is 15.3. The minimum absolute atomic E-state index is 0.638. The Balaban J connectivity index is 1.24. The van der Waals surface area contributed by atoms with Crippen molar-refractivity contribution in [1.82, 2.24) is 20.6 Å². The van der Waals surface area contributed by atoms with Crippen LogP contribution < -0.4 is 4.74 Å². The number of ether oxygens (including phenoxy) is 2. The van der Waals surface area contributed by atoms with E-state index in [4.69, 9.17) is 9.47 Å². The average Bonchev–Trinajstić information content (AvgIpc) is 3.37. The van der Waals surface area contributed by atoms with E-state index in [1.165, 1.54) is 5.56 Å². The number of tetrazole rings is 1. The van der Waals surface area contributed by atoms with E-state index in [2.05, 4.69) is 51.0 Å². The summed E-state index contributed by atoms with van der Waals surface area (Å²) in [6, 6.07) is 24.9. The molecule has 4 aromatic rings. The van der Waals surface area contributed by atoms with Crippen molar-refractivity contribution in [2.24, 2.45) is 0 Å². The SMILES string of the molecule is COc1ccc(COCCCCc2ccc(-c3ccccc3-c3nnn[nH]3)cc2)cc1. The van der Waals surface area contributed by atoms with Crippen LogP contribution in [0.4, 0.5) is 0 Å². The van der Waals surface area contributed by atoms with E-state index >= 15 is 0 Å². The topological polar surface area (TPSA) is 72.9 Å². The van der Waals surface area contributed by atoms with E-state index in [1.54, 1.807) is 7.11 Å². The molecule has 1 heterocycles. The Morgan fingerprint density at radius 2 is 1.55 bits per heavy atom. The average molecular weight is 415 g/mol. The van der Waals surface area contributed by atoms with Gasteiger partial charge in [-0.15, -0.1) is 5.10 Å². The second-order valence-corrected chi connectivity index (χ2v) is 7.35. The first kappa shape index (κ1) is 20.8. The monoisotopic (exact) mass is 414 g/mol. The van der Waals surface area contributed by atoms with Crippen molar-refractivity contribution in [3.63, 3.8) is 0 Å². The van der Waals surface area contributed by atoms with Crippen LogP contribution in [0.25, 0.3) is 22.5 Å². The van der Waals surface area contributed by atoms with Gasteiger partial charge < -0.3 is 9.47 Å². The molecule has 6 nitrogen and oxygen atoms in total. The number of H-pyrrole nitrogens is 1. The van der Waals surface area contributed by atoms with Gasteiger partial charge >= 0.3 is 0 Å². The number of methoxy groups -OCH3 is 1. The number of rotatable bonds is 10. The molecule has 1 N–H and O–H groups in total. The smallest absolute Gasteiger partial charge is 0.180 e. The van der Waals surface area contributed by atoms with Crippen LogP contribution in [-0.2, 0) is 17.8 Å². The fourth-order valence-electron chi connectivity index (χ4n) is 3.51. The number of hydrogen-bond acceptors (Lipinski definition) is 5. The van der Waals surface area contributed by atoms with Crippen LogP contribution in [0.5, 0.6) is 5.75 Å². The molecule has 0 aliphatic heterocycles. The Kier molecular flexibility index (Phi) is 7.03. The number of benzene rings is 3. The van der Waals surface area contributed by atoms with Crippen LogP contribution in [0.2, 0.25) is 0 Å². The first-order valence-corrected chi connectivity index (χ1v) is 10.5. The molecule has 0 saturated heterocycles. The van der Waals surface area contributed by atoms with Gasteiger partial charge in [0.1, 0.15) is 5.75 Å². The maximum Gasteiger partial charge on any atom is 0.180 e. The van der Waals surface area contributed by atoms with Gasteiger partial charge in [0.15, 0.2) is 5.82 Å². The number of unbranched alkanes of at least 4 members (excludes halogenated alkanes) is 1. The van der Waals surface area contributed by atoms with Gasteiger partial charge in [-0.1, -0.05) is 60.7 Å². The third-order valence-electron chi connectivity index (χ3n) is 5.22. The summed E-state index contributed by atoms with van der Waals surface area (Å²) in [6.45, 7) is 1.40. The van der Waals surface area contributed by atoms with Crippen molar-refractivity contribution in [3.05, 3.63) is 83.9 Å². The molecule has 0 radical (unpaired) electrons. The first-order valence-electron chi connectivity index (χ1n) is 10.5. The maximum absolute atomic E-state index is 5.80. The van der Waals surface area contributed by atoms with Crippen LogP contribution in [0, 0.1) is 0 Å². The molecular weight excluding hydrogens is 388 g/mol. The summed E-state index contributed by atoms with van der Waals surface area (Å²) in [6.07, 6.45) is 3.18. The van der Waals surface area contributed by atoms with Gasteiger partial charge in [-0.25, -0.2) is 5.10 Å². The molecule has 0 unspecified atom stereocenters. The molecule has 0 spiro atoms. The van der Waals surface area contributed by atoms with Crippen LogP contribution >= 0.6 is 0 Å². The molecule has 0 saturated carbocycles. The molecule has 0 aliphatic rings. The maximum atomic E-state index is 5.80. The molecule has 0 atom stereocenters. The number of nitrogens with zero attached hydrogens (tertiary/aromatic N) is 3. The molecule has 3 aromatic carbocycles. The van der Waals surface area contributed by atoms with E-state index in [0.29, 0.717) is 12.4 Å². The van der Waals surface area contributed by atoms with Crippen LogP contribution in [0.3, 0.4) is 0 Å². The zero-order chi connectivity index (χ0) is 21.3. The highest BCUT2D eigenvalue weighted by Gasteiger charge is 2.09. The summed E-state index contributed by atoms with van der Waals surface area (Å²) < 4.78 is 11.0. The Morgan fingerprint density at radius 1 is 0.806 bits per heavy atom. The highest BCUT2D eigenvalue weighted by Crippen LogP contribution is 2.29. The van der Waals surface area contributed by atoms with Gasteiger partial charge in [0.25, 0.3) is 0 Å². The fraction of sp³-hybridized carbons (Fsp3) is 0.240. The van der Waals surface area contributed by atoms with Gasteiger partial charge in [0, 0.05) is 12.2 Å². The Hall–Kier alpha value is -3.51. The predicted octanol–water partition coefficient (Wildman–Crippen LogP) is 5.08. The molecular formula is C25H26N4O2. The van der Waals surface area contributed by atoms with E-state index in [-0.39, 0.29) is 0 Å². The molecule has 0 fully saturated rings. The van der Waals surface area contributed by atoms with Crippen molar-refractivity contribution in [3.8, 4) is 28.3 Å². The summed E-state index contributed by atoms with van der Waals surface area (Å²) in [5.41, 5.74) is 5.75. The highest BCUT2D eigenvalue weighted by atomic mass is 16.5. The normalized spacial score (nSPS) is 10.9. The van der Waals surface area contributed by atoms with Gasteiger partial charge in [-0.3, -0.25) is 0 Å². The van der Waals surface area contributed by atoms with Crippen LogP contribution in [0.15, 0.2) is 72.8 Å². The number of aryl methyl sites for hydroxylation is 1. The lowest BCUT2D eigenvalue weighted by Crippen LogP contribution is -1.97. The van der Waals surface area contributed by atoms with E-state index in [1.807, 2.05) is 42.5 Å². The second kappa shape index (κ2) is 10.5. The van der Waals surface area contributed by atoms with Crippen molar-refractivity contribution in [2.45, 2.75) is 25.9 Å².